The first kappa shape index (κ1) is 32.1. The highest BCUT2D eigenvalue weighted by Gasteiger charge is 2.93. The van der Waals surface area contributed by atoms with Crippen LogP contribution < -0.4 is 10.1 Å². The molecule has 0 bridgehead atoms. The molecule has 0 heterocycles. The molecular formula is C17H8F17NO2. The summed E-state index contributed by atoms with van der Waals surface area (Å²) in [6, 6.07) is -0.977. The Morgan fingerprint density at radius 2 is 1.03 bits per heavy atom. The molecule has 212 valence electrons. The monoisotopic (exact) mass is 581 g/mol. The number of alkyl halides is 15. The van der Waals surface area contributed by atoms with Crippen molar-refractivity contribution >= 4 is 11.6 Å². The minimum absolute atomic E-state index is 0.111. The predicted molar refractivity (Wildman–Crippen MR) is 86.4 cm³/mol. The second kappa shape index (κ2) is 9.41. The molecule has 0 spiro atoms. The van der Waals surface area contributed by atoms with Gasteiger partial charge in [0.25, 0.3) is 0 Å². The molecule has 0 atom stereocenters. The summed E-state index contributed by atoms with van der Waals surface area (Å²) in [5.41, 5.74) is -0.111. The molecule has 0 fully saturated rings. The smallest absolute Gasteiger partial charge is 0.430 e. The highest BCUT2D eigenvalue weighted by Crippen LogP contribution is 2.63. The van der Waals surface area contributed by atoms with E-state index < -0.39 is 65.2 Å². The third-order valence-corrected chi connectivity index (χ3v) is 4.16. The fraction of sp³-hybridized carbons (Fsp3) is 0.471. The van der Waals surface area contributed by atoms with Crippen LogP contribution in [0, 0.1) is 0 Å². The van der Waals surface area contributed by atoms with Crippen LogP contribution in [0.1, 0.15) is 6.92 Å². The number of carbonyl (C=O) groups is 1. The molecule has 1 aromatic carbocycles. The Morgan fingerprint density at radius 1 is 0.649 bits per heavy atom. The molecule has 3 nitrogen and oxygen atoms in total. The second-order valence-corrected chi connectivity index (χ2v) is 6.84. The predicted octanol–water partition coefficient (Wildman–Crippen LogP) is 7.51. The summed E-state index contributed by atoms with van der Waals surface area (Å²) in [6.07, 6.45) is -7.80. The molecular weight excluding hydrogens is 573 g/mol. The number of anilines is 1. The number of allylic oxidation sites excluding steroid dienone is 1. The van der Waals surface area contributed by atoms with Crippen LogP contribution in [0.5, 0.6) is 5.75 Å². The average Bonchev–Trinajstić information content (AvgIpc) is 2.72. The SMILES string of the molecule is CC(=O)Nc1ccc(OC(F)=C(F)C(F)(F)C(F)(F)C(F)(F)C(F)(F)C(F)(F)C(F)(F)C(F)(F)F)cc1. The zero-order chi connectivity index (χ0) is 29.6. The van der Waals surface area contributed by atoms with E-state index in [1.807, 2.05) is 0 Å². The normalized spacial score (nSPS) is 15.3. The van der Waals surface area contributed by atoms with E-state index in [2.05, 4.69) is 10.1 Å². The molecule has 0 radical (unpaired) electrons. The first-order valence-electron chi connectivity index (χ1n) is 8.65. The van der Waals surface area contributed by atoms with Crippen molar-refractivity contribution in [3.05, 3.63) is 36.1 Å². The van der Waals surface area contributed by atoms with Crippen molar-refractivity contribution in [1.29, 1.82) is 0 Å². The Labute approximate surface area is 192 Å². The maximum atomic E-state index is 13.7. The lowest BCUT2D eigenvalue weighted by Crippen LogP contribution is -2.72. The van der Waals surface area contributed by atoms with Crippen molar-refractivity contribution < 1.29 is 84.2 Å². The molecule has 0 saturated heterocycles. The molecule has 1 rings (SSSR count). The van der Waals surface area contributed by atoms with Crippen molar-refractivity contribution in [2.45, 2.75) is 48.6 Å². The quantitative estimate of drug-likeness (QED) is 0.242. The van der Waals surface area contributed by atoms with Gasteiger partial charge in [0.05, 0.1) is 0 Å². The fourth-order valence-corrected chi connectivity index (χ4v) is 2.19. The van der Waals surface area contributed by atoms with E-state index >= 15 is 0 Å². The summed E-state index contributed by atoms with van der Waals surface area (Å²) in [6.45, 7) is 0.990. The lowest BCUT2D eigenvalue weighted by molar-refractivity contribution is -0.451. The van der Waals surface area contributed by atoms with Crippen LogP contribution in [0.2, 0.25) is 0 Å². The zero-order valence-corrected chi connectivity index (χ0v) is 17.1. The Kier molecular flexibility index (Phi) is 8.16. The number of hydrogen-bond donors (Lipinski definition) is 1. The minimum Gasteiger partial charge on any atom is -0.430 e. The van der Waals surface area contributed by atoms with Gasteiger partial charge in [0.1, 0.15) is 5.75 Å². The van der Waals surface area contributed by atoms with Crippen LogP contribution in [-0.2, 0) is 4.79 Å². The summed E-state index contributed by atoms with van der Waals surface area (Å²) in [4.78, 5) is 10.8. The van der Waals surface area contributed by atoms with Gasteiger partial charge in [0.2, 0.25) is 11.7 Å². The Morgan fingerprint density at radius 3 is 1.41 bits per heavy atom. The second-order valence-electron chi connectivity index (χ2n) is 6.84. The van der Waals surface area contributed by atoms with Gasteiger partial charge in [0, 0.05) is 12.6 Å². The zero-order valence-electron chi connectivity index (χ0n) is 17.1. The third-order valence-electron chi connectivity index (χ3n) is 4.16. The molecule has 0 aliphatic carbocycles. The van der Waals surface area contributed by atoms with E-state index in [-0.39, 0.29) is 5.69 Å². The maximum Gasteiger partial charge on any atom is 0.460 e. The number of nitrogens with one attached hydrogen (secondary N) is 1. The third kappa shape index (κ3) is 5.10. The summed E-state index contributed by atoms with van der Waals surface area (Å²) in [5, 5.41) is 2.08. The van der Waals surface area contributed by atoms with Crippen molar-refractivity contribution in [3.8, 4) is 5.75 Å². The van der Waals surface area contributed by atoms with Crippen LogP contribution in [0.4, 0.5) is 80.3 Å². The van der Waals surface area contributed by atoms with E-state index in [0.717, 1.165) is 19.1 Å². The molecule has 0 unspecified atom stereocenters. The molecule has 0 aliphatic rings. The van der Waals surface area contributed by atoms with Gasteiger partial charge in [-0.3, -0.25) is 4.79 Å². The molecule has 1 N–H and O–H groups in total. The molecule has 37 heavy (non-hydrogen) atoms. The Bertz CT molecular complexity index is 1030. The number of benzene rings is 1. The van der Waals surface area contributed by atoms with E-state index in [0.29, 0.717) is 12.1 Å². The first-order chi connectivity index (χ1) is 16.2. The number of rotatable bonds is 9. The minimum atomic E-state index is -8.65. The summed E-state index contributed by atoms with van der Waals surface area (Å²) < 4.78 is 227. The van der Waals surface area contributed by atoms with Gasteiger partial charge in [0.15, 0.2) is 0 Å². The number of carbonyl (C=O) groups excluding carboxylic acids is 1. The summed E-state index contributed by atoms with van der Waals surface area (Å²) >= 11 is 0. The highest BCUT2D eigenvalue weighted by atomic mass is 19.4. The van der Waals surface area contributed by atoms with Crippen molar-refractivity contribution in [3.63, 3.8) is 0 Å². The van der Waals surface area contributed by atoms with Crippen LogP contribution in [0.25, 0.3) is 0 Å². The van der Waals surface area contributed by atoms with Crippen molar-refractivity contribution in [2.24, 2.45) is 0 Å². The molecule has 1 aromatic rings. The topological polar surface area (TPSA) is 38.3 Å². The van der Waals surface area contributed by atoms with Gasteiger partial charge in [-0.25, -0.2) is 0 Å². The fourth-order valence-electron chi connectivity index (χ4n) is 2.19. The van der Waals surface area contributed by atoms with Gasteiger partial charge in [-0.05, 0) is 24.3 Å². The van der Waals surface area contributed by atoms with Crippen molar-refractivity contribution in [1.82, 2.24) is 0 Å². The summed E-state index contributed by atoms with van der Waals surface area (Å²) in [7, 11) is 0. The van der Waals surface area contributed by atoms with E-state index in [9.17, 15) is 79.4 Å². The average molecular weight is 581 g/mol. The molecule has 20 heteroatoms. The summed E-state index contributed by atoms with van der Waals surface area (Å²) in [5.74, 6) is -56.1. The maximum absolute atomic E-state index is 13.7. The van der Waals surface area contributed by atoms with Gasteiger partial charge in [-0.1, -0.05) is 0 Å². The van der Waals surface area contributed by atoms with E-state index in [1.54, 1.807) is 0 Å². The molecule has 1 amide bonds. The molecule has 0 aromatic heterocycles. The van der Waals surface area contributed by atoms with E-state index in [4.69, 9.17) is 0 Å². The lowest BCUT2D eigenvalue weighted by atomic mass is 9.91. The first-order valence-corrected chi connectivity index (χ1v) is 8.65. The number of hydrogen-bond acceptors (Lipinski definition) is 2. The standard InChI is InChI=1S/C17H8F17NO2/c1-6(36)35-7-2-4-8(5-3-7)37-10(19)9(18)11(20,21)12(22,23)13(24,25)14(26,27)15(28,29)16(30,31)17(32,33)34/h2-5H,1H3,(H,35,36). The largest absolute Gasteiger partial charge is 0.460 e. The Hall–Kier alpha value is -2.96. The van der Waals surface area contributed by atoms with Crippen molar-refractivity contribution in [2.75, 3.05) is 5.32 Å². The lowest BCUT2D eigenvalue weighted by Gasteiger charge is -2.41. The molecule has 0 saturated carbocycles. The van der Waals surface area contributed by atoms with Gasteiger partial charge < -0.3 is 10.1 Å². The Balaban J connectivity index is 3.49. The van der Waals surface area contributed by atoms with Gasteiger partial charge in [-0.2, -0.15) is 74.6 Å². The van der Waals surface area contributed by atoms with E-state index in [1.165, 1.54) is 0 Å². The van der Waals surface area contributed by atoms with Crippen LogP contribution in [-0.4, -0.2) is 47.6 Å². The number of amides is 1. The van der Waals surface area contributed by atoms with Gasteiger partial charge >= 0.3 is 47.7 Å². The highest BCUT2D eigenvalue weighted by molar-refractivity contribution is 5.88. The van der Waals surface area contributed by atoms with Crippen LogP contribution in [0.15, 0.2) is 36.1 Å². The van der Waals surface area contributed by atoms with Gasteiger partial charge in [-0.15, -0.1) is 0 Å². The number of ether oxygens (including phenoxy) is 1. The molecule has 0 aliphatic heterocycles. The van der Waals surface area contributed by atoms with Crippen LogP contribution in [0.3, 0.4) is 0 Å². The van der Waals surface area contributed by atoms with Crippen LogP contribution >= 0.6 is 0 Å². The number of halogens is 17.